The van der Waals surface area contributed by atoms with Crippen LogP contribution in [0.3, 0.4) is 0 Å². The Labute approximate surface area is 125 Å². The Kier molecular flexibility index (Phi) is 6.86. The van der Waals surface area contributed by atoms with E-state index in [0.717, 1.165) is 0 Å². The summed E-state index contributed by atoms with van der Waals surface area (Å²) in [6.07, 6.45) is -0.234. The van der Waals surface area contributed by atoms with E-state index in [4.69, 9.17) is 10.00 Å². The average molecular weight is 290 g/mol. The molecule has 0 aliphatic carbocycles. The normalized spacial score (nSPS) is 13.5. The number of ketones is 1. The van der Waals surface area contributed by atoms with E-state index in [2.05, 4.69) is 6.07 Å². The number of hydrogen-bond donors (Lipinski definition) is 1. The molecular weight excluding hydrogens is 268 g/mol. The van der Waals surface area contributed by atoms with Crippen molar-refractivity contribution in [3.63, 3.8) is 0 Å². The molecule has 0 aliphatic heterocycles. The predicted molar refractivity (Wildman–Crippen MR) is 80.3 cm³/mol. The fraction of sp³-hybridized carbons (Fsp3) is 0.500. The van der Waals surface area contributed by atoms with Gasteiger partial charge in [0.05, 0.1) is 12.5 Å². The van der Waals surface area contributed by atoms with Crippen LogP contribution >= 0.6 is 0 Å². The first-order valence-electron chi connectivity index (χ1n) is 6.93. The van der Waals surface area contributed by atoms with Crippen LogP contribution in [0.4, 0.5) is 0 Å². The lowest BCUT2D eigenvalue weighted by Gasteiger charge is -2.25. The first-order chi connectivity index (χ1) is 9.93. The number of rotatable bonds is 8. The Morgan fingerprint density at radius 3 is 2.86 bits per heavy atom. The Balaban J connectivity index is 2.46. The van der Waals surface area contributed by atoms with Gasteiger partial charge in [0.25, 0.3) is 0 Å². The number of carbonyl (C=O) groups is 1. The van der Waals surface area contributed by atoms with Gasteiger partial charge in [0.15, 0.2) is 5.78 Å². The summed E-state index contributed by atoms with van der Waals surface area (Å²) in [5, 5.41) is 18.6. The van der Waals surface area contributed by atoms with Crippen LogP contribution in [-0.4, -0.2) is 48.1 Å². The summed E-state index contributed by atoms with van der Waals surface area (Å²) in [6, 6.07) is 9.09. The van der Waals surface area contributed by atoms with Gasteiger partial charge in [-0.2, -0.15) is 5.26 Å². The first kappa shape index (κ1) is 17.2. The van der Waals surface area contributed by atoms with Gasteiger partial charge in [-0.25, -0.2) is 0 Å². The second-order valence-electron chi connectivity index (χ2n) is 5.20. The van der Waals surface area contributed by atoms with E-state index >= 15 is 0 Å². The monoisotopic (exact) mass is 290 g/mol. The van der Waals surface area contributed by atoms with Crippen molar-refractivity contribution in [1.29, 1.82) is 5.26 Å². The number of nitriles is 1. The maximum Gasteiger partial charge on any atom is 0.159 e. The van der Waals surface area contributed by atoms with Crippen molar-refractivity contribution in [1.82, 2.24) is 4.90 Å². The molecule has 0 aliphatic rings. The smallest absolute Gasteiger partial charge is 0.159 e. The summed E-state index contributed by atoms with van der Waals surface area (Å²) >= 11 is 0. The highest BCUT2D eigenvalue weighted by Gasteiger charge is 2.14. The van der Waals surface area contributed by atoms with Crippen molar-refractivity contribution in [3.8, 4) is 11.8 Å². The summed E-state index contributed by atoms with van der Waals surface area (Å²) in [5.74, 6) is 0.542. The van der Waals surface area contributed by atoms with E-state index in [1.807, 2.05) is 18.9 Å². The van der Waals surface area contributed by atoms with Crippen LogP contribution in [-0.2, 0) is 0 Å². The molecule has 5 nitrogen and oxygen atoms in total. The van der Waals surface area contributed by atoms with E-state index in [-0.39, 0.29) is 18.4 Å². The Morgan fingerprint density at radius 1 is 1.52 bits per heavy atom. The summed E-state index contributed by atoms with van der Waals surface area (Å²) in [6.45, 7) is 4.01. The van der Waals surface area contributed by atoms with E-state index in [0.29, 0.717) is 24.3 Å². The predicted octanol–water partition coefficient (Wildman–Crippen LogP) is 1.86. The third-order valence-corrected chi connectivity index (χ3v) is 3.32. The molecule has 0 heterocycles. The molecule has 2 unspecified atom stereocenters. The second kappa shape index (κ2) is 8.40. The molecule has 114 valence electrons. The van der Waals surface area contributed by atoms with Crippen molar-refractivity contribution in [2.75, 3.05) is 20.2 Å². The SMILES string of the molecule is CC(=O)c1cccc(OCC(O)CN(C)C(C)CC#N)c1. The van der Waals surface area contributed by atoms with Gasteiger partial charge in [-0.1, -0.05) is 12.1 Å². The molecule has 0 bridgehead atoms. The van der Waals surface area contributed by atoms with Crippen molar-refractivity contribution >= 4 is 5.78 Å². The standard InChI is InChI=1S/C16H22N2O3/c1-12(7-8-17)18(3)10-15(20)11-21-16-6-4-5-14(9-16)13(2)19/h4-6,9,12,15,20H,7,10-11H2,1-3H3. The number of Topliss-reactive ketones (excluding diaryl/α,β-unsaturated/α-hetero) is 1. The highest BCUT2D eigenvalue weighted by atomic mass is 16.5. The van der Waals surface area contributed by atoms with Gasteiger partial charge in [0, 0.05) is 18.2 Å². The number of ether oxygens (including phenoxy) is 1. The minimum Gasteiger partial charge on any atom is -0.491 e. The molecule has 1 aromatic carbocycles. The van der Waals surface area contributed by atoms with Crippen LogP contribution in [0, 0.1) is 11.3 Å². The van der Waals surface area contributed by atoms with E-state index < -0.39 is 6.10 Å². The van der Waals surface area contributed by atoms with Crippen molar-refractivity contribution in [2.24, 2.45) is 0 Å². The van der Waals surface area contributed by atoms with E-state index in [1.54, 1.807) is 24.3 Å². The maximum atomic E-state index is 11.3. The quantitative estimate of drug-likeness (QED) is 0.740. The highest BCUT2D eigenvalue weighted by molar-refractivity contribution is 5.94. The van der Waals surface area contributed by atoms with Gasteiger partial charge in [-0.3, -0.25) is 9.69 Å². The number of hydrogen-bond acceptors (Lipinski definition) is 5. The first-order valence-corrected chi connectivity index (χ1v) is 6.93. The molecule has 2 atom stereocenters. The summed E-state index contributed by atoms with van der Waals surface area (Å²) in [5.41, 5.74) is 0.585. The third kappa shape index (κ3) is 5.94. The molecule has 0 saturated heterocycles. The molecule has 21 heavy (non-hydrogen) atoms. The minimum atomic E-state index is -0.655. The average Bonchev–Trinajstić information content (AvgIpc) is 2.45. The van der Waals surface area contributed by atoms with Crippen LogP contribution in [0.2, 0.25) is 0 Å². The molecule has 1 N–H and O–H groups in total. The summed E-state index contributed by atoms with van der Waals surface area (Å²) in [7, 11) is 1.86. The molecule has 1 rings (SSSR count). The topological polar surface area (TPSA) is 73.6 Å². The molecule has 0 spiro atoms. The fourth-order valence-electron chi connectivity index (χ4n) is 1.85. The zero-order chi connectivity index (χ0) is 15.8. The largest absolute Gasteiger partial charge is 0.491 e. The number of nitrogens with zero attached hydrogens (tertiary/aromatic N) is 2. The lowest BCUT2D eigenvalue weighted by atomic mass is 10.1. The van der Waals surface area contributed by atoms with Gasteiger partial charge in [-0.15, -0.1) is 0 Å². The lowest BCUT2D eigenvalue weighted by Crippen LogP contribution is -2.38. The molecule has 0 amide bonds. The minimum absolute atomic E-state index is 0.0222. The Bertz CT molecular complexity index is 510. The van der Waals surface area contributed by atoms with Crippen molar-refractivity contribution in [2.45, 2.75) is 32.4 Å². The zero-order valence-electron chi connectivity index (χ0n) is 12.7. The summed E-state index contributed by atoms with van der Waals surface area (Å²) < 4.78 is 5.51. The zero-order valence-corrected chi connectivity index (χ0v) is 12.7. The van der Waals surface area contributed by atoms with Crippen LogP contribution in [0.1, 0.15) is 30.6 Å². The number of aliphatic hydroxyl groups is 1. The molecule has 0 fully saturated rings. The Hall–Kier alpha value is -1.90. The van der Waals surface area contributed by atoms with Crippen molar-refractivity contribution in [3.05, 3.63) is 29.8 Å². The molecule has 5 heteroatoms. The Morgan fingerprint density at radius 2 is 2.24 bits per heavy atom. The molecule has 0 radical (unpaired) electrons. The molecule has 0 aromatic heterocycles. The molecular formula is C16H22N2O3. The van der Waals surface area contributed by atoms with Gasteiger partial charge < -0.3 is 9.84 Å². The lowest BCUT2D eigenvalue weighted by molar-refractivity contribution is 0.0660. The van der Waals surface area contributed by atoms with Gasteiger partial charge in [0.2, 0.25) is 0 Å². The van der Waals surface area contributed by atoms with Gasteiger partial charge >= 0.3 is 0 Å². The second-order valence-corrected chi connectivity index (χ2v) is 5.20. The van der Waals surface area contributed by atoms with Crippen molar-refractivity contribution < 1.29 is 14.6 Å². The summed E-state index contributed by atoms with van der Waals surface area (Å²) in [4.78, 5) is 13.2. The van der Waals surface area contributed by atoms with Crippen LogP contribution < -0.4 is 4.74 Å². The number of carbonyl (C=O) groups excluding carboxylic acids is 1. The van der Waals surface area contributed by atoms with Crippen LogP contribution in [0.25, 0.3) is 0 Å². The fourth-order valence-corrected chi connectivity index (χ4v) is 1.85. The number of aliphatic hydroxyl groups excluding tert-OH is 1. The van der Waals surface area contributed by atoms with Crippen LogP contribution in [0.5, 0.6) is 5.75 Å². The third-order valence-electron chi connectivity index (χ3n) is 3.32. The van der Waals surface area contributed by atoms with Gasteiger partial charge in [0.1, 0.15) is 18.5 Å². The van der Waals surface area contributed by atoms with E-state index in [1.165, 1.54) is 6.92 Å². The molecule has 1 aromatic rings. The maximum absolute atomic E-state index is 11.3. The number of benzene rings is 1. The number of likely N-dealkylation sites (N-methyl/N-ethyl adjacent to an activating group) is 1. The van der Waals surface area contributed by atoms with E-state index in [9.17, 15) is 9.90 Å². The van der Waals surface area contributed by atoms with Crippen LogP contribution in [0.15, 0.2) is 24.3 Å². The van der Waals surface area contributed by atoms with Gasteiger partial charge in [-0.05, 0) is 33.0 Å². The molecule has 0 saturated carbocycles. The highest BCUT2D eigenvalue weighted by Crippen LogP contribution is 2.14.